The largest absolute Gasteiger partial charge is 0.378 e. The predicted octanol–water partition coefficient (Wildman–Crippen LogP) is 2.02. The minimum atomic E-state index is -0.380. The lowest BCUT2D eigenvalue weighted by Gasteiger charge is -2.22. The summed E-state index contributed by atoms with van der Waals surface area (Å²) >= 11 is 0. The van der Waals surface area contributed by atoms with E-state index in [9.17, 15) is 9.18 Å². The lowest BCUT2D eigenvalue weighted by molar-refractivity contribution is 0.0318. The number of rotatable bonds is 6. The first kappa shape index (κ1) is 15.9. The number of ether oxygens (including phenoxy) is 1. The summed E-state index contributed by atoms with van der Waals surface area (Å²) in [4.78, 5) is 11.9. The molecular formula is C16H23FN2O2. The molecule has 2 rings (SSSR count). The number of halogens is 1. The Bertz CT molecular complexity index is 453. The van der Waals surface area contributed by atoms with Gasteiger partial charge in [-0.05, 0) is 63.0 Å². The first-order chi connectivity index (χ1) is 10.1. The molecule has 1 fully saturated rings. The van der Waals surface area contributed by atoms with Crippen LogP contribution in [0.3, 0.4) is 0 Å². The molecule has 1 aromatic rings. The van der Waals surface area contributed by atoms with Crippen molar-refractivity contribution in [3.8, 4) is 0 Å². The highest BCUT2D eigenvalue weighted by molar-refractivity contribution is 5.94. The molecule has 0 atom stereocenters. The second kappa shape index (κ2) is 8.10. The molecule has 4 nitrogen and oxygen atoms in total. The number of carbonyl (C=O) groups is 1. The van der Waals surface area contributed by atoms with Crippen LogP contribution in [-0.2, 0) is 4.74 Å². The van der Waals surface area contributed by atoms with Crippen molar-refractivity contribution in [2.24, 2.45) is 0 Å². The molecule has 0 aliphatic carbocycles. The molecule has 116 valence electrons. The van der Waals surface area contributed by atoms with Crippen LogP contribution in [-0.4, -0.2) is 38.3 Å². The molecule has 21 heavy (non-hydrogen) atoms. The fraction of sp³-hybridized carbons (Fsp3) is 0.562. The third kappa shape index (κ3) is 5.44. The number of aryl methyl sites for hydroxylation is 1. The zero-order valence-corrected chi connectivity index (χ0v) is 12.5. The zero-order chi connectivity index (χ0) is 15.1. The van der Waals surface area contributed by atoms with Crippen molar-refractivity contribution < 1.29 is 13.9 Å². The van der Waals surface area contributed by atoms with Crippen LogP contribution in [0.5, 0.6) is 0 Å². The number of benzene rings is 1. The maximum Gasteiger partial charge on any atom is 0.251 e. The molecule has 1 amide bonds. The normalized spacial score (nSPS) is 15.9. The van der Waals surface area contributed by atoms with Crippen LogP contribution in [0, 0.1) is 12.7 Å². The van der Waals surface area contributed by atoms with Crippen LogP contribution in [0.15, 0.2) is 18.2 Å². The lowest BCUT2D eigenvalue weighted by atomic mass is 10.1. The van der Waals surface area contributed by atoms with Gasteiger partial charge in [0, 0.05) is 18.7 Å². The van der Waals surface area contributed by atoms with E-state index in [1.807, 2.05) is 0 Å². The number of carbonyl (C=O) groups excluding carboxylic acids is 1. The van der Waals surface area contributed by atoms with Crippen molar-refractivity contribution in [2.75, 3.05) is 26.2 Å². The van der Waals surface area contributed by atoms with Gasteiger partial charge >= 0.3 is 0 Å². The van der Waals surface area contributed by atoms with Gasteiger partial charge in [0.2, 0.25) is 0 Å². The van der Waals surface area contributed by atoms with E-state index in [0.29, 0.717) is 24.8 Å². The molecule has 1 aliphatic heterocycles. The fourth-order valence-corrected chi connectivity index (χ4v) is 2.46. The van der Waals surface area contributed by atoms with Crippen molar-refractivity contribution >= 4 is 5.91 Å². The summed E-state index contributed by atoms with van der Waals surface area (Å²) in [6.07, 6.45) is 3.21. The molecule has 0 bridgehead atoms. The van der Waals surface area contributed by atoms with Crippen LogP contribution in [0.2, 0.25) is 0 Å². The summed E-state index contributed by atoms with van der Waals surface area (Å²) in [5, 5.41) is 6.08. The molecular weight excluding hydrogens is 271 g/mol. The van der Waals surface area contributed by atoms with E-state index in [-0.39, 0.29) is 11.7 Å². The van der Waals surface area contributed by atoms with E-state index in [2.05, 4.69) is 10.6 Å². The Morgan fingerprint density at radius 2 is 2.14 bits per heavy atom. The van der Waals surface area contributed by atoms with Crippen molar-refractivity contribution in [3.05, 3.63) is 35.1 Å². The van der Waals surface area contributed by atoms with Gasteiger partial charge in [0.15, 0.2) is 0 Å². The molecule has 0 spiro atoms. The summed E-state index contributed by atoms with van der Waals surface area (Å²) < 4.78 is 19.0. The first-order valence-electron chi connectivity index (χ1n) is 7.53. The van der Waals surface area contributed by atoms with Crippen molar-refractivity contribution in [1.29, 1.82) is 0 Å². The van der Waals surface area contributed by atoms with Gasteiger partial charge in [0.1, 0.15) is 5.82 Å². The van der Waals surface area contributed by atoms with Gasteiger partial charge in [-0.2, -0.15) is 0 Å². The second-order valence-corrected chi connectivity index (χ2v) is 5.45. The number of amides is 1. The van der Waals surface area contributed by atoms with E-state index < -0.39 is 0 Å². The number of hydrogen-bond acceptors (Lipinski definition) is 3. The fourth-order valence-electron chi connectivity index (χ4n) is 2.46. The Morgan fingerprint density at radius 3 is 2.86 bits per heavy atom. The highest BCUT2D eigenvalue weighted by Gasteiger charge is 2.12. The van der Waals surface area contributed by atoms with Crippen molar-refractivity contribution in [3.63, 3.8) is 0 Å². The molecule has 1 heterocycles. The quantitative estimate of drug-likeness (QED) is 0.789. The van der Waals surface area contributed by atoms with E-state index >= 15 is 0 Å². The molecule has 1 aliphatic rings. The molecule has 1 aromatic carbocycles. The Morgan fingerprint density at radius 1 is 1.38 bits per heavy atom. The summed E-state index contributed by atoms with van der Waals surface area (Å²) in [7, 11) is 0. The molecule has 1 saturated heterocycles. The van der Waals surface area contributed by atoms with Gasteiger partial charge < -0.3 is 15.4 Å². The predicted molar refractivity (Wildman–Crippen MR) is 79.9 cm³/mol. The van der Waals surface area contributed by atoms with Gasteiger partial charge in [0.25, 0.3) is 5.91 Å². The highest BCUT2D eigenvalue weighted by atomic mass is 19.1. The highest BCUT2D eigenvalue weighted by Crippen LogP contribution is 2.09. The first-order valence-corrected chi connectivity index (χ1v) is 7.53. The summed E-state index contributed by atoms with van der Waals surface area (Å²) in [5.74, 6) is -0.617. The van der Waals surface area contributed by atoms with Gasteiger partial charge in [-0.15, -0.1) is 0 Å². The van der Waals surface area contributed by atoms with Crippen LogP contribution in [0.4, 0.5) is 4.39 Å². The molecule has 0 unspecified atom stereocenters. The lowest BCUT2D eigenvalue weighted by Crippen LogP contribution is -2.33. The number of hydrogen-bond donors (Lipinski definition) is 2. The Kier molecular flexibility index (Phi) is 6.14. The van der Waals surface area contributed by atoms with Crippen LogP contribution in [0.1, 0.15) is 35.2 Å². The average Bonchev–Trinajstić information content (AvgIpc) is 2.47. The van der Waals surface area contributed by atoms with Crippen molar-refractivity contribution in [2.45, 2.75) is 32.3 Å². The SMILES string of the molecule is Cc1cc(F)cc(C(=O)NCCCOC2CCNCC2)c1. The van der Waals surface area contributed by atoms with Gasteiger partial charge in [0.05, 0.1) is 6.10 Å². The van der Waals surface area contributed by atoms with Gasteiger partial charge in [-0.25, -0.2) is 4.39 Å². The number of piperidine rings is 1. The third-order valence-corrected chi connectivity index (χ3v) is 3.55. The Balaban J connectivity index is 1.64. The van der Waals surface area contributed by atoms with Gasteiger partial charge in [-0.3, -0.25) is 4.79 Å². The standard InChI is InChI=1S/C16H23FN2O2/c1-12-9-13(11-14(17)10-12)16(20)19-5-2-8-21-15-3-6-18-7-4-15/h9-11,15,18H,2-8H2,1H3,(H,19,20). The maximum absolute atomic E-state index is 13.2. The minimum Gasteiger partial charge on any atom is -0.378 e. The Hall–Kier alpha value is -1.46. The zero-order valence-electron chi connectivity index (χ0n) is 12.5. The van der Waals surface area contributed by atoms with E-state index in [4.69, 9.17) is 4.74 Å². The van der Waals surface area contributed by atoms with Crippen molar-refractivity contribution in [1.82, 2.24) is 10.6 Å². The second-order valence-electron chi connectivity index (χ2n) is 5.45. The monoisotopic (exact) mass is 294 g/mol. The molecule has 0 saturated carbocycles. The van der Waals surface area contributed by atoms with Crippen LogP contribution in [0.25, 0.3) is 0 Å². The molecule has 0 aromatic heterocycles. The smallest absolute Gasteiger partial charge is 0.251 e. The molecule has 5 heteroatoms. The van der Waals surface area contributed by atoms with Crippen LogP contribution >= 0.6 is 0 Å². The van der Waals surface area contributed by atoms with E-state index in [0.717, 1.165) is 37.9 Å². The summed E-state index contributed by atoms with van der Waals surface area (Å²) in [6, 6.07) is 4.35. The topological polar surface area (TPSA) is 50.4 Å². The van der Waals surface area contributed by atoms with Crippen LogP contribution < -0.4 is 10.6 Å². The summed E-state index contributed by atoms with van der Waals surface area (Å²) in [5.41, 5.74) is 1.11. The molecule has 0 radical (unpaired) electrons. The summed E-state index contributed by atoms with van der Waals surface area (Å²) in [6.45, 7) is 4.99. The maximum atomic E-state index is 13.2. The molecule has 2 N–H and O–H groups in total. The minimum absolute atomic E-state index is 0.237. The van der Waals surface area contributed by atoms with Gasteiger partial charge in [-0.1, -0.05) is 0 Å². The van der Waals surface area contributed by atoms with E-state index in [1.165, 1.54) is 12.1 Å². The Labute approximate surface area is 125 Å². The van der Waals surface area contributed by atoms with E-state index in [1.54, 1.807) is 13.0 Å². The average molecular weight is 294 g/mol. The number of nitrogens with one attached hydrogen (secondary N) is 2. The third-order valence-electron chi connectivity index (χ3n) is 3.55.